The van der Waals surface area contributed by atoms with Gasteiger partial charge in [0.25, 0.3) is 0 Å². The Labute approximate surface area is 96.0 Å². The molecule has 0 radical (unpaired) electrons. The van der Waals surface area contributed by atoms with Crippen molar-refractivity contribution in [2.24, 2.45) is 0 Å². The number of hydrogen-bond donors (Lipinski definition) is 0. The summed E-state index contributed by atoms with van der Waals surface area (Å²) >= 11 is 11.2. The Morgan fingerprint density at radius 3 is 1.64 bits per heavy atom. The lowest BCUT2D eigenvalue weighted by Crippen LogP contribution is -2.13. The maximum atomic E-state index is 11.3. The van der Waals surface area contributed by atoms with Gasteiger partial charge in [0, 0.05) is 11.8 Å². The Morgan fingerprint density at radius 1 is 1.07 bits per heavy atom. The summed E-state index contributed by atoms with van der Waals surface area (Å²) in [6.07, 6.45) is 1.05. The fourth-order valence-corrected chi connectivity index (χ4v) is 2.62. The lowest BCUT2D eigenvalue weighted by atomic mass is 10.3. The Kier molecular flexibility index (Phi) is 9.46. The van der Waals surface area contributed by atoms with Crippen molar-refractivity contribution in [1.29, 1.82) is 0 Å². The summed E-state index contributed by atoms with van der Waals surface area (Å²) in [5.41, 5.74) is 0. The topological polar surface area (TPSA) is 35.5 Å². The van der Waals surface area contributed by atoms with Crippen LogP contribution in [0.15, 0.2) is 0 Å². The van der Waals surface area contributed by atoms with E-state index in [0.29, 0.717) is 11.8 Å². The third kappa shape index (κ3) is 6.26. The average Bonchev–Trinajstić information content (AvgIpc) is 2.22. The van der Waals surface area contributed by atoms with E-state index in [0.717, 1.165) is 12.8 Å². The van der Waals surface area contributed by atoms with Crippen LogP contribution >= 0.6 is 31.5 Å². The first-order chi connectivity index (χ1) is 6.67. The van der Waals surface area contributed by atoms with Crippen molar-refractivity contribution in [2.45, 2.75) is 38.9 Å². The Hall–Kier alpha value is 0.730. The summed E-state index contributed by atoms with van der Waals surface area (Å²) in [6, 6.07) is 0. The molecule has 6 heteroatoms. The van der Waals surface area contributed by atoms with Crippen LogP contribution in [0.5, 0.6) is 0 Å². The van der Waals surface area contributed by atoms with E-state index in [1.807, 2.05) is 13.8 Å². The predicted molar refractivity (Wildman–Crippen MR) is 60.8 cm³/mol. The maximum Gasteiger partial charge on any atom is 0.319 e. The molecule has 0 heterocycles. The van der Waals surface area contributed by atoms with Gasteiger partial charge in [-0.05, 0) is 12.8 Å². The smallest absolute Gasteiger partial charge is 0.306 e. The highest BCUT2D eigenvalue weighted by molar-refractivity contribution is 7.33. The number of hydrogen-bond acceptors (Lipinski definition) is 3. The van der Waals surface area contributed by atoms with E-state index in [4.69, 9.17) is 32.2 Å². The van der Waals surface area contributed by atoms with E-state index in [-0.39, 0.29) is 12.2 Å². The van der Waals surface area contributed by atoms with Crippen LogP contribution < -0.4 is 0 Å². The first-order valence-corrected chi connectivity index (χ1v) is 6.96. The molecular formula is C8H17Cl2O3P. The highest BCUT2D eigenvalue weighted by atomic mass is 35.5. The molecular weight excluding hydrogens is 246 g/mol. The zero-order valence-corrected chi connectivity index (χ0v) is 11.0. The molecule has 0 aromatic heterocycles. The van der Waals surface area contributed by atoms with Gasteiger partial charge >= 0.3 is 8.25 Å². The van der Waals surface area contributed by atoms with Gasteiger partial charge < -0.3 is 9.05 Å². The van der Waals surface area contributed by atoms with Gasteiger partial charge in [0.1, 0.15) is 0 Å². The van der Waals surface area contributed by atoms with Gasteiger partial charge in [-0.2, -0.15) is 0 Å². The molecule has 0 amide bonds. The summed E-state index contributed by atoms with van der Waals surface area (Å²) in [5.74, 6) is 0.655. The van der Waals surface area contributed by atoms with Crippen molar-refractivity contribution in [2.75, 3.05) is 11.8 Å². The molecule has 0 aliphatic rings. The third-order valence-electron chi connectivity index (χ3n) is 1.78. The minimum atomic E-state index is -2.45. The van der Waals surface area contributed by atoms with Crippen molar-refractivity contribution in [3.05, 3.63) is 0 Å². The van der Waals surface area contributed by atoms with E-state index in [9.17, 15) is 4.57 Å². The van der Waals surface area contributed by atoms with E-state index >= 15 is 0 Å². The van der Waals surface area contributed by atoms with Gasteiger partial charge in [0.05, 0.1) is 12.2 Å². The van der Waals surface area contributed by atoms with Crippen LogP contribution in [0.2, 0.25) is 0 Å². The summed E-state index contributed by atoms with van der Waals surface area (Å²) in [4.78, 5) is 0. The highest BCUT2D eigenvalue weighted by Gasteiger charge is 2.14. The molecule has 2 atom stereocenters. The molecule has 0 saturated heterocycles. The summed E-state index contributed by atoms with van der Waals surface area (Å²) in [7, 11) is -2.45. The summed E-state index contributed by atoms with van der Waals surface area (Å²) in [5, 5.41) is 0. The molecule has 0 aliphatic carbocycles. The zero-order chi connectivity index (χ0) is 11.0. The minimum absolute atomic E-state index is 0.198. The van der Waals surface area contributed by atoms with Crippen LogP contribution in [-0.2, 0) is 13.6 Å². The number of halogens is 2. The van der Waals surface area contributed by atoms with Crippen molar-refractivity contribution in [3.63, 3.8) is 0 Å². The molecule has 3 nitrogen and oxygen atoms in total. The van der Waals surface area contributed by atoms with Crippen LogP contribution in [0.1, 0.15) is 26.7 Å². The van der Waals surface area contributed by atoms with Crippen LogP contribution in [-0.4, -0.2) is 24.0 Å². The quantitative estimate of drug-likeness (QED) is 0.497. The molecule has 2 unspecified atom stereocenters. The minimum Gasteiger partial charge on any atom is -0.306 e. The van der Waals surface area contributed by atoms with Crippen molar-refractivity contribution in [1.82, 2.24) is 0 Å². The highest BCUT2D eigenvalue weighted by Crippen LogP contribution is 2.30. The molecule has 0 aromatic rings. The van der Waals surface area contributed by atoms with E-state index < -0.39 is 8.25 Å². The Morgan fingerprint density at radius 2 is 1.43 bits per heavy atom. The number of alkyl halides is 2. The van der Waals surface area contributed by atoms with Gasteiger partial charge in [0.15, 0.2) is 0 Å². The molecule has 0 aliphatic heterocycles. The van der Waals surface area contributed by atoms with Crippen LogP contribution in [0.25, 0.3) is 0 Å². The molecule has 0 saturated carbocycles. The molecule has 0 fully saturated rings. The fourth-order valence-electron chi connectivity index (χ4n) is 0.748. The van der Waals surface area contributed by atoms with Gasteiger partial charge in [-0.25, -0.2) is 0 Å². The fraction of sp³-hybridized carbons (Fsp3) is 1.00. The Bertz CT molecular complexity index is 145. The lowest BCUT2D eigenvalue weighted by molar-refractivity contribution is 0.144. The first kappa shape index (κ1) is 14.7. The molecule has 86 valence electrons. The standard InChI is InChI=1S/C8H17Cl2O3P/c1-3-7(5-9)12-14(11)13-8(4-2)6-10/h7-8,14H,3-6H2,1-2H3. The van der Waals surface area contributed by atoms with Crippen LogP contribution in [0, 0.1) is 0 Å². The van der Waals surface area contributed by atoms with E-state index in [1.54, 1.807) is 0 Å². The van der Waals surface area contributed by atoms with E-state index in [1.165, 1.54) is 0 Å². The van der Waals surface area contributed by atoms with Gasteiger partial charge in [0.2, 0.25) is 0 Å². The van der Waals surface area contributed by atoms with Gasteiger partial charge in [-0.1, -0.05) is 13.8 Å². The number of rotatable bonds is 8. The molecule has 0 aromatic carbocycles. The molecule has 0 rings (SSSR count). The average molecular weight is 263 g/mol. The molecule has 0 bridgehead atoms. The Balaban J connectivity index is 3.83. The monoisotopic (exact) mass is 262 g/mol. The molecule has 14 heavy (non-hydrogen) atoms. The van der Waals surface area contributed by atoms with Crippen LogP contribution in [0.4, 0.5) is 0 Å². The van der Waals surface area contributed by atoms with Crippen molar-refractivity contribution < 1.29 is 13.6 Å². The zero-order valence-electron chi connectivity index (χ0n) is 8.46. The normalized spacial score (nSPS) is 17.7. The maximum absolute atomic E-state index is 11.3. The van der Waals surface area contributed by atoms with Gasteiger partial charge in [-0.3, -0.25) is 4.57 Å². The lowest BCUT2D eigenvalue weighted by Gasteiger charge is -2.16. The van der Waals surface area contributed by atoms with Crippen LogP contribution in [0.3, 0.4) is 0 Å². The molecule has 0 spiro atoms. The summed E-state index contributed by atoms with van der Waals surface area (Å²) in [6.45, 7) is 3.84. The largest absolute Gasteiger partial charge is 0.319 e. The third-order valence-corrected chi connectivity index (χ3v) is 3.52. The SMILES string of the molecule is CCC(CCl)O[PH](=O)OC(CC)CCl. The van der Waals surface area contributed by atoms with Crippen molar-refractivity contribution in [3.8, 4) is 0 Å². The first-order valence-electron chi connectivity index (χ1n) is 4.67. The summed E-state index contributed by atoms with van der Waals surface area (Å²) < 4.78 is 21.6. The van der Waals surface area contributed by atoms with Gasteiger partial charge in [-0.15, -0.1) is 23.2 Å². The van der Waals surface area contributed by atoms with E-state index in [2.05, 4.69) is 0 Å². The second kappa shape index (κ2) is 8.99. The molecule has 0 N–H and O–H groups in total. The second-order valence-electron chi connectivity index (χ2n) is 2.85. The van der Waals surface area contributed by atoms with Crippen molar-refractivity contribution >= 4 is 31.5 Å². The second-order valence-corrected chi connectivity index (χ2v) is 4.44. The predicted octanol–water partition coefficient (Wildman–Crippen LogP) is 3.44.